The van der Waals surface area contributed by atoms with Gasteiger partial charge in [0, 0.05) is 22.1 Å². The second-order valence-corrected chi connectivity index (χ2v) is 7.84. The van der Waals surface area contributed by atoms with Crippen LogP contribution in [0, 0.1) is 5.92 Å². The van der Waals surface area contributed by atoms with Gasteiger partial charge in [0.2, 0.25) is 11.8 Å². The highest BCUT2D eigenvalue weighted by atomic mass is 79.9. The van der Waals surface area contributed by atoms with E-state index in [0.717, 1.165) is 32.0 Å². The number of aromatic nitrogens is 1. The molecule has 0 fully saturated rings. The first-order valence-electron chi connectivity index (χ1n) is 8.89. The van der Waals surface area contributed by atoms with E-state index in [1.54, 1.807) is 0 Å². The molecule has 4 aromatic rings. The first-order chi connectivity index (χ1) is 13.0. The highest BCUT2D eigenvalue weighted by molar-refractivity contribution is 9.10. The predicted octanol–water partition coefficient (Wildman–Crippen LogP) is 6.40. The van der Waals surface area contributed by atoms with Crippen LogP contribution in [-0.2, 0) is 4.79 Å². The van der Waals surface area contributed by atoms with E-state index in [4.69, 9.17) is 4.42 Å². The molecule has 1 N–H and O–H groups in total. The lowest BCUT2D eigenvalue weighted by Crippen LogP contribution is -2.13. The van der Waals surface area contributed by atoms with Crippen LogP contribution in [0.2, 0.25) is 0 Å². The maximum Gasteiger partial charge on any atom is 0.227 e. The van der Waals surface area contributed by atoms with E-state index in [9.17, 15) is 4.79 Å². The molecule has 0 saturated heterocycles. The van der Waals surface area contributed by atoms with Crippen molar-refractivity contribution in [1.29, 1.82) is 0 Å². The van der Waals surface area contributed by atoms with Crippen LogP contribution in [0.1, 0.15) is 20.3 Å². The van der Waals surface area contributed by atoms with Gasteiger partial charge >= 0.3 is 0 Å². The average molecular weight is 423 g/mol. The van der Waals surface area contributed by atoms with Crippen LogP contribution < -0.4 is 5.32 Å². The molecule has 5 heteroatoms. The van der Waals surface area contributed by atoms with Crippen LogP contribution in [0.25, 0.3) is 33.3 Å². The van der Waals surface area contributed by atoms with Crippen LogP contribution in [0.5, 0.6) is 0 Å². The Hall–Kier alpha value is -2.66. The molecule has 0 unspecified atom stereocenters. The van der Waals surface area contributed by atoms with Crippen molar-refractivity contribution >= 4 is 49.4 Å². The van der Waals surface area contributed by atoms with Gasteiger partial charge in [0.15, 0.2) is 5.58 Å². The summed E-state index contributed by atoms with van der Waals surface area (Å²) in [7, 11) is 0. The van der Waals surface area contributed by atoms with Crippen LogP contribution in [0.3, 0.4) is 0 Å². The van der Waals surface area contributed by atoms with E-state index in [-0.39, 0.29) is 5.91 Å². The lowest BCUT2D eigenvalue weighted by atomic mass is 10.0. The van der Waals surface area contributed by atoms with E-state index in [2.05, 4.69) is 38.4 Å². The van der Waals surface area contributed by atoms with Crippen molar-refractivity contribution in [3.05, 3.63) is 59.1 Å². The molecule has 1 heterocycles. The monoisotopic (exact) mass is 422 g/mol. The van der Waals surface area contributed by atoms with Gasteiger partial charge in [-0.1, -0.05) is 54.0 Å². The zero-order chi connectivity index (χ0) is 19.0. The Balaban J connectivity index is 1.72. The highest BCUT2D eigenvalue weighted by Gasteiger charge is 2.13. The highest BCUT2D eigenvalue weighted by Crippen LogP contribution is 2.34. The summed E-state index contributed by atoms with van der Waals surface area (Å²) in [6, 6.07) is 17.7. The number of nitrogens with one attached hydrogen (secondary N) is 1. The first-order valence-corrected chi connectivity index (χ1v) is 9.68. The predicted molar refractivity (Wildman–Crippen MR) is 113 cm³/mol. The summed E-state index contributed by atoms with van der Waals surface area (Å²) in [5.41, 5.74) is 3.09. The minimum atomic E-state index is 0.00646. The smallest absolute Gasteiger partial charge is 0.227 e. The molecule has 0 bridgehead atoms. The number of carbonyl (C=O) groups excluding carboxylic acids is 1. The third-order valence-electron chi connectivity index (χ3n) is 4.36. The Morgan fingerprint density at radius 3 is 2.70 bits per heavy atom. The summed E-state index contributed by atoms with van der Waals surface area (Å²) in [6.07, 6.45) is 0.493. The van der Waals surface area contributed by atoms with Crippen LogP contribution in [0.4, 0.5) is 5.69 Å². The number of fused-ring (bicyclic) bond motifs is 2. The van der Waals surface area contributed by atoms with E-state index < -0.39 is 0 Å². The number of halogens is 1. The van der Waals surface area contributed by atoms with Crippen molar-refractivity contribution < 1.29 is 9.21 Å². The molecular formula is C22H19BrN2O2. The standard InChI is InChI=1S/C22H19BrN2O2/c1-13(2)11-21(26)24-14-9-10-20-19(12-14)25-22(27-20)17-7-3-6-16-15(17)5-4-8-18(16)23/h3-10,12-13H,11H2,1-2H3,(H,24,26). The average Bonchev–Trinajstić information content (AvgIpc) is 3.04. The molecule has 0 atom stereocenters. The van der Waals surface area contributed by atoms with E-state index in [1.807, 2.05) is 56.3 Å². The Labute approximate surface area is 165 Å². The second kappa shape index (κ2) is 7.16. The van der Waals surface area contributed by atoms with Crippen molar-refractivity contribution in [1.82, 2.24) is 4.98 Å². The Bertz CT molecular complexity index is 1150. The van der Waals surface area contributed by atoms with Crippen molar-refractivity contribution in [3.63, 3.8) is 0 Å². The number of rotatable bonds is 4. The Morgan fingerprint density at radius 1 is 1.11 bits per heavy atom. The molecule has 0 radical (unpaired) electrons. The van der Waals surface area contributed by atoms with Gasteiger partial charge in [-0.3, -0.25) is 4.79 Å². The molecule has 1 amide bonds. The number of hydrogen-bond donors (Lipinski definition) is 1. The van der Waals surface area contributed by atoms with Gasteiger partial charge in [-0.05, 0) is 47.0 Å². The minimum Gasteiger partial charge on any atom is -0.436 e. The fraction of sp³-hybridized carbons (Fsp3) is 0.182. The summed E-state index contributed by atoms with van der Waals surface area (Å²) in [5, 5.41) is 5.11. The van der Waals surface area contributed by atoms with Gasteiger partial charge in [-0.25, -0.2) is 4.98 Å². The molecular weight excluding hydrogens is 404 g/mol. The van der Waals surface area contributed by atoms with Gasteiger partial charge in [0.25, 0.3) is 0 Å². The van der Waals surface area contributed by atoms with E-state index in [1.165, 1.54) is 0 Å². The normalized spacial score (nSPS) is 11.4. The van der Waals surface area contributed by atoms with Crippen LogP contribution >= 0.6 is 15.9 Å². The lowest BCUT2D eigenvalue weighted by molar-refractivity contribution is -0.116. The molecule has 0 aliphatic rings. The SMILES string of the molecule is CC(C)CC(=O)Nc1ccc2oc(-c3cccc4c(Br)cccc34)nc2c1. The fourth-order valence-corrected chi connectivity index (χ4v) is 3.66. The Kier molecular flexibility index (Phi) is 4.70. The van der Waals surface area contributed by atoms with Gasteiger partial charge in [0.05, 0.1) is 0 Å². The summed E-state index contributed by atoms with van der Waals surface area (Å²) < 4.78 is 7.02. The number of nitrogens with zero attached hydrogens (tertiary/aromatic N) is 1. The topological polar surface area (TPSA) is 55.1 Å². The summed E-state index contributed by atoms with van der Waals surface area (Å²) in [5.74, 6) is 0.893. The molecule has 0 saturated carbocycles. The molecule has 0 aliphatic carbocycles. The largest absolute Gasteiger partial charge is 0.436 e. The van der Waals surface area contributed by atoms with Gasteiger partial charge in [-0.15, -0.1) is 0 Å². The number of amides is 1. The summed E-state index contributed by atoms with van der Waals surface area (Å²) in [6.45, 7) is 4.05. The summed E-state index contributed by atoms with van der Waals surface area (Å²) in [4.78, 5) is 16.7. The third kappa shape index (κ3) is 3.60. The first kappa shape index (κ1) is 17.7. The number of carbonyl (C=O) groups is 1. The number of oxazole rings is 1. The zero-order valence-electron chi connectivity index (χ0n) is 15.1. The second-order valence-electron chi connectivity index (χ2n) is 6.99. The Morgan fingerprint density at radius 2 is 1.89 bits per heavy atom. The molecule has 27 heavy (non-hydrogen) atoms. The van der Waals surface area contributed by atoms with Crippen molar-refractivity contribution in [2.45, 2.75) is 20.3 Å². The fourth-order valence-electron chi connectivity index (χ4n) is 3.16. The van der Waals surface area contributed by atoms with Crippen molar-refractivity contribution in [2.75, 3.05) is 5.32 Å². The summed E-state index contributed by atoms with van der Waals surface area (Å²) >= 11 is 3.60. The number of benzene rings is 3. The van der Waals surface area contributed by atoms with E-state index in [0.29, 0.717) is 23.8 Å². The molecule has 0 aliphatic heterocycles. The molecule has 1 aromatic heterocycles. The lowest BCUT2D eigenvalue weighted by Gasteiger charge is -2.06. The van der Waals surface area contributed by atoms with Gasteiger partial charge < -0.3 is 9.73 Å². The van der Waals surface area contributed by atoms with Crippen molar-refractivity contribution in [2.24, 2.45) is 5.92 Å². The van der Waals surface area contributed by atoms with E-state index >= 15 is 0 Å². The molecule has 3 aromatic carbocycles. The molecule has 4 nitrogen and oxygen atoms in total. The van der Waals surface area contributed by atoms with Gasteiger partial charge in [-0.2, -0.15) is 0 Å². The third-order valence-corrected chi connectivity index (χ3v) is 5.06. The van der Waals surface area contributed by atoms with Crippen molar-refractivity contribution in [3.8, 4) is 11.5 Å². The minimum absolute atomic E-state index is 0.00646. The number of anilines is 1. The maximum absolute atomic E-state index is 12.0. The van der Waals surface area contributed by atoms with Gasteiger partial charge in [0.1, 0.15) is 5.52 Å². The van der Waals surface area contributed by atoms with Crippen LogP contribution in [-0.4, -0.2) is 10.9 Å². The number of hydrogen-bond acceptors (Lipinski definition) is 3. The van der Waals surface area contributed by atoms with Crippen LogP contribution in [0.15, 0.2) is 63.5 Å². The quantitative estimate of drug-likeness (QED) is 0.414. The zero-order valence-corrected chi connectivity index (χ0v) is 16.7. The maximum atomic E-state index is 12.0. The molecule has 136 valence electrons. The molecule has 0 spiro atoms. The molecule has 4 rings (SSSR count).